The highest BCUT2D eigenvalue weighted by atomic mass is 32.2. The molecule has 0 N–H and O–H groups in total. The second-order valence-corrected chi connectivity index (χ2v) is 6.57. The highest BCUT2D eigenvalue weighted by Crippen LogP contribution is 2.47. The van der Waals surface area contributed by atoms with Gasteiger partial charge in [0.1, 0.15) is 28.5 Å². The second kappa shape index (κ2) is 7.31. The van der Waals surface area contributed by atoms with Crippen LogP contribution in [0.1, 0.15) is 16.5 Å². The zero-order chi connectivity index (χ0) is 18.0. The number of methoxy groups -OCH3 is 2. The van der Waals surface area contributed by atoms with Gasteiger partial charge in [0.05, 0.1) is 32.1 Å². The molecule has 7 heteroatoms. The van der Waals surface area contributed by atoms with E-state index in [9.17, 15) is 13.6 Å². The first-order chi connectivity index (χ1) is 12.0. The van der Waals surface area contributed by atoms with Crippen molar-refractivity contribution in [3.63, 3.8) is 0 Å². The van der Waals surface area contributed by atoms with Crippen molar-refractivity contribution < 1.29 is 23.0 Å². The van der Waals surface area contributed by atoms with Gasteiger partial charge >= 0.3 is 0 Å². The van der Waals surface area contributed by atoms with Crippen molar-refractivity contribution >= 4 is 17.7 Å². The van der Waals surface area contributed by atoms with Crippen LogP contribution in [0, 0.1) is 11.6 Å². The summed E-state index contributed by atoms with van der Waals surface area (Å²) in [5.41, 5.74) is 0.842. The first kappa shape index (κ1) is 17.5. The fourth-order valence-electron chi connectivity index (χ4n) is 2.84. The monoisotopic (exact) mass is 365 g/mol. The van der Waals surface area contributed by atoms with Gasteiger partial charge in [0.15, 0.2) is 0 Å². The Bertz CT molecular complexity index is 778. The van der Waals surface area contributed by atoms with Crippen LogP contribution in [0.15, 0.2) is 36.4 Å². The molecule has 132 valence electrons. The van der Waals surface area contributed by atoms with Crippen molar-refractivity contribution in [1.29, 1.82) is 0 Å². The molecule has 1 atom stereocenters. The lowest BCUT2D eigenvalue weighted by Crippen LogP contribution is -2.28. The Morgan fingerprint density at radius 2 is 1.84 bits per heavy atom. The maximum Gasteiger partial charge on any atom is 0.234 e. The summed E-state index contributed by atoms with van der Waals surface area (Å²) in [6.45, 7) is -0.0265. The molecule has 1 saturated heterocycles. The second-order valence-electron chi connectivity index (χ2n) is 5.50. The largest absolute Gasteiger partial charge is 0.496 e. The van der Waals surface area contributed by atoms with Crippen molar-refractivity contribution in [2.24, 2.45) is 0 Å². The van der Waals surface area contributed by atoms with Crippen molar-refractivity contribution in [2.75, 3.05) is 20.0 Å². The van der Waals surface area contributed by atoms with Gasteiger partial charge in [-0.2, -0.15) is 0 Å². The fourth-order valence-corrected chi connectivity index (χ4v) is 4.07. The summed E-state index contributed by atoms with van der Waals surface area (Å²) in [4.78, 5) is 13.9. The van der Waals surface area contributed by atoms with Crippen LogP contribution < -0.4 is 9.47 Å². The van der Waals surface area contributed by atoms with Crippen LogP contribution in [-0.2, 0) is 11.3 Å². The van der Waals surface area contributed by atoms with Crippen molar-refractivity contribution in [2.45, 2.75) is 11.9 Å². The number of nitrogens with zero attached hydrogens (tertiary/aromatic N) is 1. The third-order valence-corrected chi connectivity index (χ3v) is 5.25. The van der Waals surface area contributed by atoms with Gasteiger partial charge in [0.25, 0.3) is 0 Å². The summed E-state index contributed by atoms with van der Waals surface area (Å²) in [5.74, 6) is 0.182. The highest BCUT2D eigenvalue weighted by molar-refractivity contribution is 8.00. The summed E-state index contributed by atoms with van der Waals surface area (Å²) in [5, 5.41) is -0.402. The average molecular weight is 365 g/mol. The van der Waals surface area contributed by atoms with E-state index in [1.54, 1.807) is 18.2 Å². The fraction of sp³-hybridized carbons (Fsp3) is 0.278. The van der Waals surface area contributed by atoms with Crippen molar-refractivity contribution in [3.8, 4) is 11.5 Å². The van der Waals surface area contributed by atoms with E-state index < -0.39 is 17.0 Å². The number of ether oxygens (including phenoxy) is 2. The van der Waals surface area contributed by atoms with Crippen LogP contribution in [0.25, 0.3) is 0 Å². The minimum absolute atomic E-state index is 0.0265. The highest BCUT2D eigenvalue weighted by Gasteiger charge is 2.37. The number of carbonyl (C=O) groups is 1. The number of hydrogen-bond acceptors (Lipinski definition) is 4. The number of benzene rings is 2. The number of thioether (sulfide) groups is 1. The number of rotatable bonds is 5. The molecule has 4 nitrogen and oxygen atoms in total. The first-order valence-corrected chi connectivity index (χ1v) is 8.66. The molecule has 1 heterocycles. The maximum absolute atomic E-state index is 14.0. The molecule has 25 heavy (non-hydrogen) atoms. The lowest BCUT2D eigenvalue weighted by atomic mass is 10.1. The normalized spacial score (nSPS) is 17.0. The molecule has 1 amide bonds. The van der Waals surface area contributed by atoms with E-state index in [1.165, 1.54) is 30.9 Å². The van der Waals surface area contributed by atoms with Crippen LogP contribution in [0.2, 0.25) is 0 Å². The van der Waals surface area contributed by atoms with Gasteiger partial charge in [0, 0.05) is 5.56 Å². The number of hydrogen-bond donors (Lipinski definition) is 0. The van der Waals surface area contributed by atoms with Gasteiger partial charge in [-0.05, 0) is 30.3 Å². The van der Waals surface area contributed by atoms with Gasteiger partial charge in [-0.25, -0.2) is 8.78 Å². The topological polar surface area (TPSA) is 38.8 Å². The molecule has 2 aromatic rings. The Kier molecular flexibility index (Phi) is 5.13. The molecule has 1 unspecified atom stereocenters. The molecule has 0 aromatic heterocycles. The van der Waals surface area contributed by atoms with Gasteiger partial charge in [0.2, 0.25) is 5.91 Å². The minimum atomic E-state index is -0.545. The molecule has 1 aliphatic heterocycles. The van der Waals surface area contributed by atoms with E-state index in [4.69, 9.17) is 9.47 Å². The molecule has 0 spiro atoms. The summed E-state index contributed by atoms with van der Waals surface area (Å²) in [7, 11) is 3.08. The van der Waals surface area contributed by atoms with Gasteiger partial charge in [-0.15, -0.1) is 11.8 Å². The molecule has 0 aliphatic carbocycles. The molecule has 3 rings (SSSR count). The Morgan fingerprint density at radius 3 is 2.48 bits per heavy atom. The summed E-state index contributed by atoms with van der Waals surface area (Å²) >= 11 is 1.40. The van der Waals surface area contributed by atoms with E-state index in [1.807, 2.05) is 0 Å². The first-order valence-electron chi connectivity index (χ1n) is 7.61. The maximum atomic E-state index is 14.0. The number of amides is 1. The molecule has 1 aliphatic rings. The third kappa shape index (κ3) is 3.42. The Balaban J connectivity index is 1.99. The molecule has 0 radical (unpaired) electrons. The van der Waals surface area contributed by atoms with Crippen LogP contribution in [0.3, 0.4) is 0 Å². The smallest absolute Gasteiger partial charge is 0.234 e. The summed E-state index contributed by atoms with van der Waals surface area (Å²) in [6, 6.07) is 8.59. The van der Waals surface area contributed by atoms with E-state index >= 15 is 0 Å². The van der Waals surface area contributed by atoms with E-state index in [0.717, 1.165) is 18.2 Å². The summed E-state index contributed by atoms with van der Waals surface area (Å²) < 4.78 is 38.3. The molecule has 0 saturated carbocycles. The lowest BCUT2D eigenvalue weighted by molar-refractivity contribution is -0.128. The molecular weight excluding hydrogens is 348 g/mol. The predicted octanol–water partition coefficient (Wildman–Crippen LogP) is 3.76. The van der Waals surface area contributed by atoms with Crippen LogP contribution >= 0.6 is 11.8 Å². The minimum Gasteiger partial charge on any atom is -0.496 e. The van der Waals surface area contributed by atoms with Gasteiger partial charge in [-0.3, -0.25) is 4.79 Å². The molecule has 0 bridgehead atoms. The third-order valence-electron chi connectivity index (χ3n) is 4.03. The average Bonchev–Trinajstić information content (AvgIpc) is 2.97. The lowest BCUT2D eigenvalue weighted by Gasteiger charge is -2.27. The summed E-state index contributed by atoms with van der Waals surface area (Å²) in [6.07, 6.45) is 0. The van der Waals surface area contributed by atoms with Gasteiger partial charge in [-0.1, -0.05) is 6.07 Å². The van der Waals surface area contributed by atoms with Crippen molar-refractivity contribution in [3.05, 3.63) is 59.2 Å². The zero-order valence-corrected chi connectivity index (χ0v) is 14.6. The van der Waals surface area contributed by atoms with E-state index in [0.29, 0.717) is 17.1 Å². The van der Waals surface area contributed by atoms with Gasteiger partial charge < -0.3 is 14.4 Å². The predicted molar refractivity (Wildman–Crippen MR) is 91.7 cm³/mol. The van der Waals surface area contributed by atoms with E-state index in [-0.39, 0.29) is 23.8 Å². The van der Waals surface area contributed by atoms with E-state index in [2.05, 4.69) is 0 Å². The van der Waals surface area contributed by atoms with Crippen LogP contribution in [0.5, 0.6) is 11.5 Å². The van der Waals surface area contributed by atoms with Crippen molar-refractivity contribution in [1.82, 2.24) is 4.90 Å². The number of carbonyl (C=O) groups excluding carboxylic acids is 1. The standard InChI is InChI=1S/C18H17F2NO3S/c1-23-14-4-3-5-15(24-2)17(14)18-21(16(22)10-25-18)9-11-8-12(19)6-7-13(11)20/h3-8,18H,9-10H2,1-2H3. The Labute approximate surface area is 148 Å². The van der Waals surface area contributed by atoms with Crippen LogP contribution in [0.4, 0.5) is 8.78 Å². The quantitative estimate of drug-likeness (QED) is 0.809. The van der Waals surface area contributed by atoms with Crippen LogP contribution in [-0.4, -0.2) is 30.8 Å². The Hall–Kier alpha value is -2.28. The molecular formula is C18H17F2NO3S. The number of halogens is 2. The molecule has 2 aromatic carbocycles. The SMILES string of the molecule is COc1cccc(OC)c1C1SCC(=O)N1Cc1cc(F)ccc1F. The Morgan fingerprint density at radius 1 is 1.16 bits per heavy atom. The molecule has 1 fully saturated rings. The zero-order valence-electron chi connectivity index (χ0n) is 13.8.